The van der Waals surface area contributed by atoms with Crippen molar-refractivity contribution >= 4 is 0 Å². The molecule has 1 aromatic rings. The van der Waals surface area contributed by atoms with Gasteiger partial charge in [-0.15, -0.1) is 0 Å². The maximum absolute atomic E-state index is 5.83. The molecule has 1 heterocycles. The second-order valence-electron chi connectivity index (χ2n) is 6.12. The lowest BCUT2D eigenvalue weighted by Crippen LogP contribution is -2.38. The lowest BCUT2D eigenvalue weighted by molar-refractivity contribution is 0.301. The van der Waals surface area contributed by atoms with E-state index in [2.05, 4.69) is 29.6 Å². The highest BCUT2D eigenvalue weighted by molar-refractivity contribution is 5.34. The summed E-state index contributed by atoms with van der Waals surface area (Å²) in [4.78, 5) is 0. The van der Waals surface area contributed by atoms with Crippen molar-refractivity contribution in [3.63, 3.8) is 0 Å². The molecule has 1 aliphatic heterocycles. The normalized spacial score (nSPS) is 31.6. The number of ether oxygens (including phenoxy) is 1. The number of rotatable bonds is 4. The quantitative estimate of drug-likeness (QED) is 0.876. The fourth-order valence-electron chi connectivity index (χ4n) is 3.38. The van der Waals surface area contributed by atoms with Crippen molar-refractivity contribution in [3.8, 4) is 5.75 Å². The summed E-state index contributed by atoms with van der Waals surface area (Å²) in [6, 6.07) is 8.90. The van der Waals surface area contributed by atoms with Crippen LogP contribution < -0.4 is 10.1 Å². The molecule has 3 fully saturated rings. The molecule has 3 aliphatic rings. The number of hydrogen-bond donors (Lipinski definition) is 1. The van der Waals surface area contributed by atoms with Gasteiger partial charge in [0.2, 0.25) is 0 Å². The van der Waals surface area contributed by atoms with E-state index in [-0.39, 0.29) is 5.54 Å². The summed E-state index contributed by atoms with van der Waals surface area (Å²) in [5.74, 6) is 1.92. The van der Waals surface area contributed by atoms with Gasteiger partial charge in [0.15, 0.2) is 0 Å². The predicted octanol–water partition coefficient (Wildman–Crippen LogP) is 3.22. The van der Waals surface area contributed by atoms with Crippen LogP contribution in [0.3, 0.4) is 0 Å². The fourth-order valence-corrected chi connectivity index (χ4v) is 3.38. The molecule has 1 saturated heterocycles. The van der Waals surface area contributed by atoms with Gasteiger partial charge in [-0.1, -0.05) is 12.1 Å². The van der Waals surface area contributed by atoms with Gasteiger partial charge in [-0.3, -0.25) is 0 Å². The molecule has 1 aromatic carbocycles. The Morgan fingerprint density at radius 2 is 1.83 bits per heavy atom. The number of hydrogen-bond acceptors (Lipinski definition) is 2. The van der Waals surface area contributed by atoms with Crippen molar-refractivity contribution in [2.24, 2.45) is 5.92 Å². The van der Waals surface area contributed by atoms with Gasteiger partial charge >= 0.3 is 0 Å². The van der Waals surface area contributed by atoms with E-state index in [1.54, 1.807) is 0 Å². The first-order valence-electron chi connectivity index (χ1n) is 7.39. The van der Waals surface area contributed by atoms with Crippen molar-refractivity contribution in [1.29, 1.82) is 0 Å². The zero-order valence-electron chi connectivity index (χ0n) is 10.8. The van der Waals surface area contributed by atoms with Crippen LogP contribution in [0.1, 0.15) is 44.1 Å². The first kappa shape index (κ1) is 10.9. The van der Waals surface area contributed by atoms with E-state index in [4.69, 9.17) is 4.74 Å². The van der Waals surface area contributed by atoms with E-state index in [0.717, 1.165) is 11.7 Å². The second-order valence-corrected chi connectivity index (χ2v) is 6.12. The van der Waals surface area contributed by atoms with Gasteiger partial charge in [-0.05, 0) is 68.7 Å². The summed E-state index contributed by atoms with van der Waals surface area (Å²) in [6.07, 6.45) is 8.38. The Hall–Kier alpha value is -1.02. The molecule has 0 amide bonds. The number of nitrogens with one attached hydrogen (secondary N) is 1. The van der Waals surface area contributed by atoms with Gasteiger partial charge in [0.1, 0.15) is 5.75 Å². The van der Waals surface area contributed by atoms with E-state index in [1.807, 2.05) is 0 Å². The smallest absolute Gasteiger partial charge is 0.119 e. The van der Waals surface area contributed by atoms with E-state index >= 15 is 0 Å². The standard InChI is InChI=1S/C16H21NO/c1-10-16(17-11-1,12-2-3-12)13-4-6-14(7-5-13)18-15-8-9-15/h4-7,12,15,17H,1-3,8-11H2. The molecule has 1 atom stereocenters. The topological polar surface area (TPSA) is 21.3 Å². The van der Waals surface area contributed by atoms with Crippen LogP contribution in [0.25, 0.3) is 0 Å². The van der Waals surface area contributed by atoms with Gasteiger partial charge in [0.25, 0.3) is 0 Å². The fraction of sp³-hybridized carbons (Fsp3) is 0.625. The summed E-state index contributed by atoms with van der Waals surface area (Å²) < 4.78 is 5.83. The molecule has 2 nitrogen and oxygen atoms in total. The molecular weight excluding hydrogens is 222 g/mol. The summed E-state index contributed by atoms with van der Waals surface area (Å²) in [5.41, 5.74) is 1.77. The molecule has 1 unspecified atom stereocenters. The van der Waals surface area contributed by atoms with Crippen molar-refractivity contribution in [1.82, 2.24) is 5.32 Å². The Labute approximate surface area is 109 Å². The maximum atomic E-state index is 5.83. The van der Waals surface area contributed by atoms with E-state index in [0.29, 0.717) is 6.10 Å². The molecular formula is C16H21NO. The molecule has 2 saturated carbocycles. The highest BCUT2D eigenvalue weighted by atomic mass is 16.5. The molecule has 4 rings (SSSR count). The molecule has 2 heteroatoms. The third kappa shape index (κ3) is 1.83. The minimum Gasteiger partial charge on any atom is -0.490 e. The van der Waals surface area contributed by atoms with Crippen LogP contribution in [-0.2, 0) is 5.54 Å². The second kappa shape index (κ2) is 3.99. The zero-order chi connectivity index (χ0) is 12.0. The molecule has 18 heavy (non-hydrogen) atoms. The first-order valence-corrected chi connectivity index (χ1v) is 7.39. The van der Waals surface area contributed by atoms with Crippen molar-refractivity contribution < 1.29 is 4.74 Å². The van der Waals surface area contributed by atoms with Crippen LogP contribution in [0.15, 0.2) is 24.3 Å². The lowest BCUT2D eigenvalue weighted by Gasteiger charge is -2.30. The Bertz CT molecular complexity index is 425. The Morgan fingerprint density at radius 1 is 1.06 bits per heavy atom. The summed E-state index contributed by atoms with van der Waals surface area (Å²) in [7, 11) is 0. The van der Waals surface area contributed by atoms with Crippen LogP contribution in [0.4, 0.5) is 0 Å². The van der Waals surface area contributed by atoms with E-state index in [1.165, 1.54) is 50.6 Å². The lowest BCUT2D eigenvalue weighted by atomic mass is 9.83. The molecule has 2 aliphatic carbocycles. The van der Waals surface area contributed by atoms with Crippen LogP contribution in [0.5, 0.6) is 5.75 Å². The first-order chi connectivity index (χ1) is 8.87. The zero-order valence-corrected chi connectivity index (χ0v) is 10.8. The predicted molar refractivity (Wildman–Crippen MR) is 71.7 cm³/mol. The Balaban J connectivity index is 1.58. The van der Waals surface area contributed by atoms with Gasteiger partial charge < -0.3 is 10.1 Å². The van der Waals surface area contributed by atoms with Gasteiger partial charge in [-0.25, -0.2) is 0 Å². The molecule has 0 spiro atoms. The molecule has 0 bridgehead atoms. The molecule has 0 aromatic heterocycles. The molecule has 0 radical (unpaired) electrons. The number of benzene rings is 1. The minimum atomic E-state index is 0.290. The summed E-state index contributed by atoms with van der Waals surface area (Å²) in [5, 5.41) is 3.78. The van der Waals surface area contributed by atoms with Crippen LogP contribution in [-0.4, -0.2) is 12.6 Å². The van der Waals surface area contributed by atoms with Crippen LogP contribution in [0, 0.1) is 5.92 Å². The van der Waals surface area contributed by atoms with Crippen LogP contribution in [0.2, 0.25) is 0 Å². The van der Waals surface area contributed by atoms with E-state index in [9.17, 15) is 0 Å². The van der Waals surface area contributed by atoms with Crippen molar-refractivity contribution in [2.45, 2.75) is 50.2 Å². The van der Waals surface area contributed by atoms with Crippen molar-refractivity contribution in [2.75, 3.05) is 6.54 Å². The van der Waals surface area contributed by atoms with Crippen LogP contribution >= 0.6 is 0 Å². The highest BCUT2D eigenvalue weighted by Gasteiger charge is 2.47. The Morgan fingerprint density at radius 3 is 2.39 bits per heavy atom. The Kier molecular flexibility index (Phi) is 2.41. The summed E-state index contributed by atoms with van der Waals surface area (Å²) >= 11 is 0. The van der Waals surface area contributed by atoms with E-state index < -0.39 is 0 Å². The molecule has 1 N–H and O–H groups in total. The van der Waals surface area contributed by atoms with Gasteiger partial charge in [-0.2, -0.15) is 0 Å². The molecule has 96 valence electrons. The van der Waals surface area contributed by atoms with Gasteiger partial charge in [0, 0.05) is 5.54 Å². The highest BCUT2D eigenvalue weighted by Crippen LogP contribution is 2.50. The summed E-state index contributed by atoms with van der Waals surface area (Å²) in [6.45, 7) is 1.18. The maximum Gasteiger partial charge on any atom is 0.119 e. The minimum absolute atomic E-state index is 0.290. The average Bonchev–Trinajstić information content (AvgIpc) is 3.32. The SMILES string of the molecule is c1cc(C2(C3CC3)CCCN2)ccc1OC1CC1. The van der Waals surface area contributed by atoms with Crippen molar-refractivity contribution in [3.05, 3.63) is 29.8 Å². The monoisotopic (exact) mass is 243 g/mol. The third-order valence-corrected chi connectivity index (χ3v) is 4.66. The van der Waals surface area contributed by atoms with Gasteiger partial charge in [0.05, 0.1) is 6.10 Å². The average molecular weight is 243 g/mol. The largest absolute Gasteiger partial charge is 0.490 e. The third-order valence-electron chi connectivity index (χ3n) is 4.66.